The zero-order chi connectivity index (χ0) is 17.1. The molecule has 4 rings (SSSR count). The Morgan fingerprint density at radius 1 is 1.16 bits per heavy atom. The number of aromatic nitrogens is 4. The SMILES string of the molecule is Oc1cccc(CN2CCn3nc(CNc4cnccn4)cc3C2)c1. The van der Waals surface area contributed by atoms with Gasteiger partial charge in [-0.1, -0.05) is 12.1 Å². The summed E-state index contributed by atoms with van der Waals surface area (Å²) in [6.07, 6.45) is 5.02. The van der Waals surface area contributed by atoms with Crippen LogP contribution in [0.2, 0.25) is 0 Å². The third kappa shape index (κ3) is 3.77. The number of phenols is 1. The van der Waals surface area contributed by atoms with Crippen LogP contribution in [0.1, 0.15) is 17.0 Å². The Kier molecular flexibility index (Phi) is 4.30. The summed E-state index contributed by atoms with van der Waals surface area (Å²) in [7, 11) is 0. The van der Waals surface area contributed by atoms with Crippen LogP contribution in [0.25, 0.3) is 0 Å². The van der Waals surface area contributed by atoms with Crippen LogP contribution in [0.4, 0.5) is 5.82 Å². The summed E-state index contributed by atoms with van der Waals surface area (Å²) in [6, 6.07) is 9.59. The van der Waals surface area contributed by atoms with Gasteiger partial charge in [0.25, 0.3) is 0 Å². The highest BCUT2D eigenvalue weighted by Crippen LogP contribution is 2.18. The van der Waals surface area contributed by atoms with Crippen molar-refractivity contribution in [1.29, 1.82) is 0 Å². The van der Waals surface area contributed by atoms with Gasteiger partial charge in [-0.05, 0) is 23.8 Å². The second-order valence-electron chi connectivity index (χ2n) is 6.17. The monoisotopic (exact) mass is 336 g/mol. The smallest absolute Gasteiger partial charge is 0.144 e. The molecule has 1 aliphatic rings. The molecule has 7 nitrogen and oxygen atoms in total. The van der Waals surface area contributed by atoms with Crippen LogP contribution in [0.15, 0.2) is 48.9 Å². The van der Waals surface area contributed by atoms with Crippen LogP contribution in [-0.4, -0.2) is 36.3 Å². The predicted molar refractivity (Wildman–Crippen MR) is 93.8 cm³/mol. The van der Waals surface area contributed by atoms with Gasteiger partial charge in [-0.3, -0.25) is 14.6 Å². The van der Waals surface area contributed by atoms with Gasteiger partial charge >= 0.3 is 0 Å². The van der Waals surface area contributed by atoms with Gasteiger partial charge in [-0.15, -0.1) is 0 Å². The third-order valence-corrected chi connectivity index (χ3v) is 4.26. The van der Waals surface area contributed by atoms with E-state index in [1.807, 2.05) is 18.2 Å². The molecule has 0 amide bonds. The van der Waals surface area contributed by atoms with Gasteiger partial charge in [0.1, 0.15) is 11.6 Å². The van der Waals surface area contributed by atoms with E-state index in [0.29, 0.717) is 12.3 Å². The first-order valence-corrected chi connectivity index (χ1v) is 8.32. The van der Waals surface area contributed by atoms with Crippen molar-refractivity contribution in [2.45, 2.75) is 26.2 Å². The summed E-state index contributed by atoms with van der Waals surface area (Å²) < 4.78 is 2.08. The Balaban J connectivity index is 1.39. The Morgan fingerprint density at radius 3 is 2.96 bits per heavy atom. The van der Waals surface area contributed by atoms with Crippen LogP contribution < -0.4 is 5.32 Å². The lowest BCUT2D eigenvalue weighted by molar-refractivity contribution is 0.205. The van der Waals surface area contributed by atoms with Crippen molar-refractivity contribution in [1.82, 2.24) is 24.6 Å². The number of benzene rings is 1. The molecule has 0 spiro atoms. The van der Waals surface area contributed by atoms with Crippen LogP contribution in [-0.2, 0) is 26.2 Å². The number of hydrogen-bond acceptors (Lipinski definition) is 6. The molecule has 0 saturated heterocycles. The van der Waals surface area contributed by atoms with Crippen molar-refractivity contribution in [2.75, 3.05) is 11.9 Å². The highest BCUT2D eigenvalue weighted by atomic mass is 16.3. The Bertz CT molecular complexity index is 848. The van der Waals surface area contributed by atoms with E-state index in [1.54, 1.807) is 24.7 Å². The second kappa shape index (κ2) is 6.90. The summed E-state index contributed by atoms with van der Waals surface area (Å²) >= 11 is 0. The van der Waals surface area contributed by atoms with E-state index < -0.39 is 0 Å². The van der Waals surface area contributed by atoms with E-state index in [9.17, 15) is 5.11 Å². The summed E-state index contributed by atoms with van der Waals surface area (Å²) in [6.45, 7) is 4.13. The molecule has 1 aliphatic heterocycles. The second-order valence-corrected chi connectivity index (χ2v) is 6.17. The van der Waals surface area contributed by atoms with E-state index >= 15 is 0 Å². The summed E-state index contributed by atoms with van der Waals surface area (Å²) in [5.41, 5.74) is 3.33. The van der Waals surface area contributed by atoms with Crippen LogP contribution >= 0.6 is 0 Å². The molecule has 0 unspecified atom stereocenters. The quantitative estimate of drug-likeness (QED) is 0.742. The van der Waals surface area contributed by atoms with Crippen LogP contribution in [0, 0.1) is 0 Å². The molecule has 0 radical (unpaired) electrons. The molecule has 1 aromatic carbocycles. The normalized spacial score (nSPS) is 14.2. The predicted octanol–water partition coefficient (Wildman–Crippen LogP) is 2.01. The fourth-order valence-corrected chi connectivity index (χ4v) is 3.09. The molecular formula is C18H20N6O. The lowest BCUT2D eigenvalue weighted by atomic mass is 10.2. The minimum atomic E-state index is 0.317. The summed E-state index contributed by atoms with van der Waals surface area (Å²) in [4.78, 5) is 10.6. The van der Waals surface area contributed by atoms with Crippen molar-refractivity contribution < 1.29 is 5.11 Å². The van der Waals surface area contributed by atoms with Gasteiger partial charge in [0.05, 0.1) is 30.7 Å². The first-order chi connectivity index (χ1) is 12.3. The van der Waals surface area contributed by atoms with Gasteiger partial charge in [-0.25, -0.2) is 4.98 Å². The molecule has 0 bridgehead atoms. The molecule has 0 atom stereocenters. The molecule has 2 aromatic heterocycles. The van der Waals surface area contributed by atoms with Crippen molar-refractivity contribution in [3.05, 3.63) is 65.9 Å². The molecule has 0 aliphatic carbocycles. The standard InChI is InChI=1S/C18H20N6O/c25-17-3-1-2-14(8-17)12-23-6-7-24-16(13-23)9-15(22-24)10-21-18-11-19-4-5-20-18/h1-5,8-9,11,25H,6-7,10,12-13H2,(H,20,21). The van der Waals surface area contributed by atoms with E-state index in [4.69, 9.17) is 0 Å². The molecule has 7 heteroatoms. The van der Waals surface area contributed by atoms with Crippen molar-refractivity contribution >= 4 is 5.82 Å². The summed E-state index contributed by atoms with van der Waals surface area (Å²) in [5.74, 6) is 1.07. The average molecular weight is 336 g/mol. The molecule has 128 valence electrons. The number of rotatable bonds is 5. The topological polar surface area (TPSA) is 79.1 Å². The zero-order valence-electron chi connectivity index (χ0n) is 13.8. The molecule has 2 N–H and O–H groups in total. The molecule has 3 aromatic rings. The number of anilines is 1. The van der Waals surface area contributed by atoms with E-state index in [2.05, 4.69) is 36.0 Å². The molecule has 25 heavy (non-hydrogen) atoms. The van der Waals surface area contributed by atoms with E-state index in [0.717, 1.165) is 43.3 Å². The van der Waals surface area contributed by atoms with Crippen LogP contribution in [0.5, 0.6) is 5.75 Å². The number of fused-ring (bicyclic) bond motifs is 1. The zero-order valence-corrected chi connectivity index (χ0v) is 13.8. The van der Waals surface area contributed by atoms with Crippen molar-refractivity contribution in [2.24, 2.45) is 0 Å². The number of hydrogen-bond donors (Lipinski definition) is 2. The average Bonchev–Trinajstić information content (AvgIpc) is 3.03. The van der Waals surface area contributed by atoms with E-state index in [1.165, 1.54) is 5.69 Å². The maximum Gasteiger partial charge on any atom is 0.144 e. The lowest BCUT2D eigenvalue weighted by Gasteiger charge is -2.27. The third-order valence-electron chi connectivity index (χ3n) is 4.26. The number of nitrogens with zero attached hydrogens (tertiary/aromatic N) is 5. The maximum atomic E-state index is 9.61. The van der Waals surface area contributed by atoms with Gasteiger partial charge in [-0.2, -0.15) is 5.10 Å². The van der Waals surface area contributed by atoms with Crippen molar-refractivity contribution in [3.8, 4) is 5.75 Å². The highest BCUT2D eigenvalue weighted by molar-refractivity contribution is 5.31. The fourth-order valence-electron chi connectivity index (χ4n) is 3.09. The molecule has 3 heterocycles. The minimum Gasteiger partial charge on any atom is -0.508 e. The van der Waals surface area contributed by atoms with Gasteiger partial charge < -0.3 is 10.4 Å². The Morgan fingerprint density at radius 2 is 2.12 bits per heavy atom. The van der Waals surface area contributed by atoms with E-state index in [-0.39, 0.29) is 0 Å². The van der Waals surface area contributed by atoms with Crippen molar-refractivity contribution in [3.63, 3.8) is 0 Å². The number of nitrogens with one attached hydrogen (secondary N) is 1. The first-order valence-electron chi connectivity index (χ1n) is 8.32. The number of phenolic OH excluding ortho intramolecular Hbond substituents is 1. The largest absolute Gasteiger partial charge is 0.508 e. The van der Waals surface area contributed by atoms with Gasteiger partial charge in [0, 0.05) is 32.0 Å². The molecule has 0 saturated carbocycles. The maximum absolute atomic E-state index is 9.61. The summed E-state index contributed by atoms with van der Waals surface area (Å²) in [5, 5.41) is 17.5. The fraction of sp³-hybridized carbons (Fsp3) is 0.278. The molecular weight excluding hydrogens is 316 g/mol. The molecule has 0 fully saturated rings. The lowest BCUT2D eigenvalue weighted by Crippen LogP contribution is -2.33. The Hall–Kier alpha value is -2.93. The highest BCUT2D eigenvalue weighted by Gasteiger charge is 2.18. The Labute approximate surface area is 146 Å². The van der Waals surface area contributed by atoms with Gasteiger partial charge in [0.15, 0.2) is 0 Å². The van der Waals surface area contributed by atoms with Gasteiger partial charge in [0.2, 0.25) is 0 Å². The van der Waals surface area contributed by atoms with Crippen LogP contribution in [0.3, 0.4) is 0 Å². The first kappa shape index (κ1) is 15.6. The number of aromatic hydroxyl groups is 1. The minimum absolute atomic E-state index is 0.317.